The average molecular weight is 255 g/mol. The summed E-state index contributed by atoms with van der Waals surface area (Å²) < 4.78 is 0. The summed E-state index contributed by atoms with van der Waals surface area (Å²) in [6.07, 6.45) is 3.20. The number of nitrogens with zero attached hydrogens (tertiary/aromatic N) is 1. The first-order valence-corrected chi connectivity index (χ1v) is 7.10. The Balaban J connectivity index is 2.36. The molecule has 0 aromatic heterocycles. The molecule has 0 bridgehead atoms. The summed E-state index contributed by atoms with van der Waals surface area (Å²) in [5, 5.41) is 6.54. The van der Waals surface area contributed by atoms with Gasteiger partial charge in [-0.25, -0.2) is 0 Å². The van der Waals surface area contributed by atoms with Crippen molar-refractivity contribution in [1.29, 1.82) is 0 Å². The highest BCUT2D eigenvalue weighted by molar-refractivity contribution is 5.82. The molecule has 1 heterocycles. The van der Waals surface area contributed by atoms with Gasteiger partial charge in [-0.1, -0.05) is 6.92 Å². The van der Waals surface area contributed by atoms with E-state index in [1.807, 2.05) is 6.92 Å². The predicted molar refractivity (Wildman–Crippen MR) is 75.6 cm³/mol. The minimum atomic E-state index is -0.111. The first-order valence-electron chi connectivity index (χ1n) is 7.10. The van der Waals surface area contributed by atoms with Crippen LogP contribution in [0.4, 0.5) is 0 Å². The molecule has 0 spiro atoms. The van der Waals surface area contributed by atoms with Crippen LogP contribution in [0, 0.1) is 0 Å². The van der Waals surface area contributed by atoms with Gasteiger partial charge in [-0.3, -0.25) is 4.79 Å². The Kier molecular flexibility index (Phi) is 5.60. The molecule has 0 aliphatic carbocycles. The number of piperidine rings is 1. The van der Waals surface area contributed by atoms with E-state index in [0.29, 0.717) is 6.04 Å². The maximum Gasteiger partial charge on any atom is 0.237 e. The van der Waals surface area contributed by atoms with Crippen LogP contribution in [0.2, 0.25) is 0 Å². The first-order chi connectivity index (χ1) is 8.34. The molecule has 1 amide bonds. The van der Waals surface area contributed by atoms with Crippen molar-refractivity contribution in [2.24, 2.45) is 0 Å². The van der Waals surface area contributed by atoms with E-state index in [0.717, 1.165) is 32.4 Å². The molecule has 18 heavy (non-hydrogen) atoms. The van der Waals surface area contributed by atoms with Crippen LogP contribution < -0.4 is 10.6 Å². The maximum absolute atomic E-state index is 12.1. The second-order valence-electron chi connectivity index (χ2n) is 6.19. The molecule has 106 valence electrons. The number of hydrogen-bond donors (Lipinski definition) is 2. The monoisotopic (exact) mass is 255 g/mol. The van der Waals surface area contributed by atoms with Gasteiger partial charge < -0.3 is 15.5 Å². The number of hydrogen-bond acceptors (Lipinski definition) is 3. The first kappa shape index (κ1) is 15.4. The maximum atomic E-state index is 12.1. The van der Waals surface area contributed by atoms with E-state index in [1.54, 1.807) is 0 Å². The van der Waals surface area contributed by atoms with Crippen molar-refractivity contribution in [3.05, 3.63) is 0 Å². The Morgan fingerprint density at radius 1 is 1.39 bits per heavy atom. The van der Waals surface area contributed by atoms with Crippen molar-refractivity contribution >= 4 is 5.91 Å². The van der Waals surface area contributed by atoms with E-state index in [4.69, 9.17) is 0 Å². The SMILES string of the molecule is CCC(C)(C)NC(=O)C(C)NC1CCN(C)CC1. The fourth-order valence-corrected chi connectivity index (χ4v) is 2.13. The molecule has 1 saturated heterocycles. The second kappa shape index (κ2) is 6.53. The third-order valence-electron chi connectivity index (χ3n) is 3.94. The van der Waals surface area contributed by atoms with E-state index in [-0.39, 0.29) is 17.5 Å². The zero-order valence-corrected chi connectivity index (χ0v) is 12.5. The van der Waals surface area contributed by atoms with Crippen LogP contribution in [0.25, 0.3) is 0 Å². The van der Waals surface area contributed by atoms with Gasteiger partial charge in [0.2, 0.25) is 5.91 Å². The number of likely N-dealkylation sites (tertiary alicyclic amines) is 1. The lowest BCUT2D eigenvalue weighted by atomic mass is 10.0. The van der Waals surface area contributed by atoms with Crippen LogP contribution in [-0.4, -0.2) is 48.6 Å². The van der Waals surface area contributed by atoms with Crippen molar-refractivity contribution < 1.29 is 4.79 Å². The second-order valence-corrected chi connectivity index (χ2v) is 6.19. The highest BCUT2D eigenvalue weighted by atomic mass is 16.2. The summed E-state index contributed by atoms with van der Waals surface area (Å²) in [5.74, 6) is 0.112. The Labute approximate surface area is 111 Å². The van der Waals surface area contributed by atoms with Gasteiger partial charge in [-0.05, 0) is 60.2 Å². The number of amides is 1. The molecule has 0 aromatic carbocycles. The molecule has 1 fully saturated rings. The lowest BCUT2D eigenvalue weighted by Crippen LogP contribution is -2.54. The van der Waals surface area contributed by atoms with E-state index < -0.39 is 0 Å². The molecular weight excluding hydrogens is 226 g/mol. The van der Waals surface area contributed by atoms with Gasteiger partial charge in [-0.15, -0.1) is 0 Å². The minimum absolute atomic E-state index is 0.107. The van der Waals surface area contributed by atoms with Crippen molar-refractivity contribution in [1.82, 2.24) is 15.5 Å². The molecule has 0 radical (unpaired) electrons. The summed E-state index contributed by atoms with van der Waals surface area (Å²) >= 11 is 0. The highest BCUT2D eigenvalue weighted by Crippen LogP contribution is 2.10. The zero-order chi connectivity index (χ0) is 13.8. The fourth-order valence-electron chi connectivity index (χ4n) is 2.13. The van der Waals surface area contributed by atoms with Crippen molar-refractivity contribution in [2.45, 2.75) is 64.6 Å². The summed E-state index contributed by atoms with van der Waals surface area (Å²) in [6.45, 7) is 10.4. The van der Waals surface area contributed by atoms with Gasteiger partial charge in [0.05, 0.1) is 6.04 Å². The Bertz CT molecular complexity index is 270. The van der Waals surface area contributed by atoms with Gasteiger partial charge in [0, 0.05) is 11.6 Å². The molecule has 1 rings (SSSR count). The molecule has 1 aliphatic heterocycles. The van der Waals surface area contributed by atoms with Crippen LogP contribution in [0.1, 0.15) is 47.0 Å². The zero-order valence-electron chi connectivity index (χ0n) is 12.5. The molecule has 2 N–H and O–H groups in total. The number of carbonyl (C=O) groups excluding carboxylic acids is 1. The van der Waals surface area contributed by atoms with Crippen molar-refractivity contribution in [2.75, 3.05) is 20.1 Å². The fraction of sp³-hybridized carbons (Fsp3) is 0.929. The minimum Gasteiger partial charge on any atom is -0.350 e. The normalized spacial score (nSPS) is 20.7. The smallest absolute Gasteiger partial charge is 0.237 e. The van der Waals surface area contributed by atoms with Gasteiger partial charge in [-0.2, -0.15) is 0 Å². The van der Waals surface area contributed by atoms with E-state index in [1.165, 1.54) is 0 Å². The quantitative estimate of drug-likeness (QED) is 0.780. The topological polar surface area (TPSA) is 44.4 Å². The Morgan fingerprint density at radius 3 is 2.44 bits per heavy atom. The van der Waals surface area contributed by atoms with Crippen LogP contribution >= 0.6 is 0 Å². The van der Waals surface area contributed by atoms with Crippen LogP contribution in [0.15, 0.2) is 0 Å². The summed E-state index contributed by atoms with van der Waals surface area (Å²) in [6, 6.07) is 0.371. The van der Waals surface area contributed by atoms with Gasteiger partial charge >= 0.3 is 0 Å². The number of carbonyl (C=O) groups is 1. The summed E-state index contributed by atoms with van der Waals surface area (Å²) in [5.41, 5.74) is -0.111. The standard InChI is InChI=1S/C14H29N3O/c1-6-14(3,4)16-13(18)11(2)15-12-7-9-17(5)10-8-12/h11-12,15H,6-10H2,1-5H3,(H,16,18). The molecule has 1 unspecified atom stereocenters. The average Bonchev–Trinajstić information content (AvgIpc) is 2.31. The van der Waals surface area contributed by atoms with E-state index >= 15 is 0 Å². The summed E-state index contributed by atoms with van der Waals surface area (Å²) in [4.78, 5) is 14.4. The predicted octanol–water partition coefficient (Wildman–Crippen LogP) is 1.36. The Hall–Kier alpha value is -0.610. The van der Waals surface area contributed by atoms with Gasteiger partial charge in [0.1, 0.15) is 0 Å². The van der Waals surface area contributed by atoms with Crippen LogP contribution in [0.3, 0.4) is 0 Å². The highest BCUT2D eigenvalue weighted by Gasteiger charge is 2.24. The van der Waals surface area contributed by atoms with Crippen molar-refractivity contribution in [3.63, 3.8) is 0 Å². The lowest BCUT2D eigenvalue weighted by Gasteiger charge is -2.32. The number of nitrogens with one attached hydrogen (secondary N) is 2. The van der Waals surface area contributed by atoms with E-state index in [9.17, 15) is 4.79 Å². The molecule has 4 nitrogen and oxygen atoms in total. The van der Waals surface area contributed by atoms with Crippen molar-refractivity contribution in [3.8, 4) is 0 Å². The van der Waals surface area contributed by atoms with Gasteiger partial charge in [0.25, 0.3) is 0 Å². The molecule has 0 saturated carbocycles. The Morgan fingerprint density at radius 2 is 1.94 bits per heavy atom. The largest absolute Gasteiger partial charge is 0.350 e. The van der Waals surface area contributed by atoms with Crippen LogP contribution in [0.5, 0.6) is 0 Å². The molecule has 1 atom stereocenters. The molecule has 1 aliphatic rings. The third-order valence-corrected chi connectivity index (χ3v) is 3.94. The molecular formula is C14H29N3O. The molecule has 4 heteroatoms. The van der Waals surface area contributed by atoms with Crippen LogP contribution in [-0.2, 0) is 4.79 Å². The lowest BCUT2D eigenvalue weighted by molar-refractivity contribution is -0.124. The molecule has 0 aromatic rings. The van der Waals surface area contributed by atoms with Gasteiger partial charge in [0.15, 0.2) is 0 Å². The van der Waals surface area contributed by atoms with E-state index in [2.05, 4.69) is 43.4 Å². The number of rotatable bonds is 5. The third kappa shape index (κ3) is 4.94. The summed E-state index contributed by atoms with van der Waals surface area (Å²) in [7, 11) is 2.15.